The predicted molar refractivity (Wildman–Crippen MR) is 97.1 cm³/mol. The minimum atomic E-state index is -0.800. The second-order valence-corrected chi connectivity index (χ2v) is 6.99. The fourth-order valence-electron chi connectivity index (χ4n) is 2.24. The second kappa shape index (κ2) is 6.83. The van der Waals surface area contributed by atoms with E-state index in [1.165, 1.54) is 0 Å². The second-order valence-electron chi connectivity index (χ2n) is 4.83. The smallest absolute Gasteiger partial charge is 0.303 e. The summed E-state index contributed by atoms with van der Waals surface area (Å²) in [6.45, 7) is 0. The van der Waals surface area contributed by atoms with E-state index in [0.717, 1.165) is 22.6 Å². The zero-order chi connectivity index (χ0) is 15.4. The number of aryl methyl sites for hydroxylation is 1. The Morgan fingerprint density at radius 3 is 2.77 bits per heavy atom. The number of benzene rings is 1. The monoisotopic (exact) mass is 406 g/mol. The minimum absolute atomic E-state index is 0.0206. The van der Waals surface area contributed by atoms with Crippen molar-refractivity contribution in [1.82, 2.24) is 9.78 Å². The molecule has 0 aliphatic carbocycles. The Morgan fingerprint density at radius 2 is 2.09 bits per heavy atom. The van der Waals surface area contributed by atoms with Gasteiger partial charge in [0.1, 0.15) is 0 Å². The largest absolute Gasteiger partial charge is 0.481 e. The van der Waals surface area contributed by atoms with E-state index in [2.05, 4.69) is 25.3 Å². The van der Waals surface area contributed by atoms with E-state index >= 15 is 0 Å². The van der Waals surface area contributed by atoms with Crippen molar-refractivity contribution in [2.24, 2.45) is 0 Å². The average Bonchev–Trinajstić information content (AvgIpc) is 2.99. The molecule has 0 amide bonds. The first-order valence-corrected chi connectivity index (χ1v) is 9.42. The first-order chi connectivity index (χ1) is 10.7. The van der Waals surface area contributed by atoms with Gasteiger partial charge in [-0.1, -0.05) is 51.1 Å². The number of carboxylic acids is 1. The van der Waals surface area contributed by atoms with Crippen LogP contribution in [0.4, 0.5) is 0 Å². The molecule has 0 saturated carbocycles. The van der Waals surface area contributed by atoms with Gasteiger partial charge in [-0.05, 0) is 26.3 Å². The highest BCUT2D eigenvalue weighted by Crippen LogP contribution is 2.26. The molecule has 0 spiro atoms. The standard InChI is InChI=1S/C17H15IN2O2/c21-17(22)7-6-14-12-16(13-4-2-1-3-5-13)20(19-14)15-8-10-18-11-9-15/h1-5,8-12H,6-7H2,(H,21,22). The molecule has 5 heteroatoms. The van der Waals surface area contributed by atoms with Gasteiger partial charge in [0.2, 0.25) is 0 Å². The Morgan fingerprint density at radius 1 is 1.27 bits per heavy atom. The molecule has 3 rings (SSSR count). The fraction of sp³-hybridized carbons (Fsp3) is 0.118. The molecule has 0 radical (unpaired) electrons. The van der Waals surface area contributed by atoms with Crippen LogP contribution in [0.2, 0.25) is 0 Å². The zero-order valence-electron chi connectivity index (χ0n) is 11.8. The molecule has 1 aliphatic heterocycles. The van der Waals surface area contributed by atoms with Crippen molar-refractivity contribution < 1.29 is 9.90 Å². The maximum atomic E-state index is 10.8. The lowest BCUT2D eigenvalue weighted by atomic mass is 10.1. The summed E-state index contributed by atoms with van der Waals surface area (Å²) < 4.78 is 6.30. The lowest BCUT2D eigenvalue weighted by Crippen LogP contribution is -2.02. The molecule has 1 aromatic carbocycles. The highest BCUT2D eigenvalue weighted by molar-refractivity contribution is 14.2. The van der Waals surface area contributed by atoms with Crippen molar-refractivity contribution in [1.29, 1.82) is 0 Å². The Kier molecular flexibility index (Phi) is 4.62. The lowest BCUT2D eigenvalue weighted by molar-refractivity contribution is -0.136. The van der Waals surface area contributed by atoms with Crippen LogP contribution < -0.4 is 0 Å². The number of aromatic nitrogens is 2. The molecular weight excluding hydrogens is 391 g/mol. The van der Waals surface area contributed by atoms with Crippen LogP contribution in [0.1, 0.15) is 12.1 Å². The van der Waals surface area contributed by atoms with Crippen molar-refractivity contribution in [3.8, 4) is 11.3 Å². The van der Waals surface area contributed by atoms with Gasteiger partial charge in [0.25, 0.3) is 0 Å². The summed E-state index contributed by atoms with van der Waals surface area (Å²) >= 11 is 0.0206. The zero-order valence-corrected chi connectivity index (χ0v) is 14.0. The van der Waals surface area contributed by atoms with Crippen LogP contribution in [-0.2, 0) is 11.2 Å². The molecule has 1 N–H and O–H groups in total. The van der Waals surface area contributed by atoms with Crippen LogP contribution in [0.25, 0.3) is 17.0 Å². The summed E-state index contributed by atoms with van der Waals surface area (Å²) in [5.41, 5.74) is 3.89. The summed E-state index contributed by atoms with van der Waals surface area (Å²) in [4.78, 5) is 10.8. The van der Waals surface area contributed by atoms with Crippen molar-refractivity contribution in [3.63, 3.8) is 0 Å². The third kappa shape index (κ3) is 3.41. The third-order valence-corrected chi connectivity index (χ3v) is 4.83. The van der Waals surface area contributed by atoms with E-state index in [1.54, 1.807) is 0 Å². The number of hydrogen-bond donors (Lipinski definition) is 1. The first-order valence-electron chi connectivity index (χ1n) is 6.92. The number of hydrogen-bond acceptors (Lipinski definition) is 2. The van der Waals surface area contributed by atoms with Crippen LogP contribution in [0.15, 0.2) is 52.6 Å². The van der Waals surface area contributed by atoms with E-state index in [-0.39, 0.29) is 27.2 Å². The molecule has 2 aromatic rings. The van der Waals surface area contributed by atoms with Gasteiger partial charge >= 0.3 is 5.97 Å². The maximum absolute atomic E-state index is 10.8. The third-order valence-electron chi connectivity index (χ3n) is 3.28. The average molecular weight is 406 g/mol. The molecular formula is C17H15IN2O2. The van der Waals surface area contributed by atoms with Gasteiger partial charge in [0.05, 0.1) is 23.5 Å². The molecule has 1 aromatic heterocycles. The van der Waals surface area contributed by atoms with E-state index < -0.39 is 5.97 Å². The Bertz CT molecular complexity index is 773. The molecule has 0 atom stereocenters. The van der Waals surface area contributed by atoms with Gasteiger partial charge in [-0.3, -0.25) is 4.79 Å². The van der Waals surface area contributed by atoms with E-state index in [0.29, 0.717) is 6.42 Å². The molecule has 0 bridgehead atoms. The van der Waals surface area contributed by atoms with Crippen LogP contribution in [-0.4, -0.2) is 24.9 Å². The summed E-state index contributed by atoms with van der Waals surface area (Å²) in [7, 11) is 0. The predicted octanol–water partition coefficient (Wildman–Crippen LogP) is 3.71. The summed E-state index contributed by atoms with van der Waals surface area (Å²) in [5.74, 6) is -0.800. The highest BCUT2D eigenvalue weighted by Gasteiger charge is 2.13. The lowest BCUT2D eigenvalue weighted by Gasteiger charge is -2.09. The van der Waals surface area contributed by atoms with Gasteiger partial charge < -0.3 is 5.11 Å². The normalized spacial score (nSPS) is 13.5. The van der Waals surface area contributed by atoms with Crippen molar-refractivity contribution in [3.05, 3.63) is 58.3 Å². The molecule has 0 fully saturated rings. The molecule has 0 unspecified atom stereocenters. The quantitative estimate of drug-likeness (QED) is 0.771. The molecule has 112 valence electrons. The van der Waals surface area contributed by atoms with Gasteiger partial charge in [-0.25, -0.2) is 4.68 Å². The summed E-state index contributed by atoms with van der Waals surface area (Å²) in [6.07, 6.45) is 4.72. The number of carboxylic acid groups (broad SMARTS) is 1. The minimum Gasteiger partial charge on any atom is -0.481 e. The summed E-state index contributed by atoms with van der Waals surface area (Å²) in [6, 6.07) is 12.0. The number of allylic oxidation sites excluding steroid dienone is 3. The van der Waals surface area contributed by atoms with Crippen molar-refractivity contribution in [2.45, 2.75) is 12.8 Å². The SMILES string of the molecule is O=C(O)CCc1cc(-c2ccccc2)n(C2=CC=IC=C2)n1. The first kappa shape index (κ1) is 14.9. The Hall–Kier alpha value is -2.02. The maximum Gasteiger partial charge on any atom is 0.303 e. The van der Waals surface area contributed by atoms with Crippen LogP contribution in [0, 0.1) is 0 Å². The molecule has 0 saturated heterocycles. The highest BCUT2D eigenvalue weighted by atomic mass is 127. The Labute approximate surface area is 138 Å². The molecule has 1 aliphatic rings. The number of carbonyl (C=O) groups is 1. The Balaban J connectivity index is 2.02. The number of rotatable bonds is 5. The van der Waals surface area contributed by atoms with Gasteiger partial charge in [0, 0.05) is 12.0 Å². The van der Waals surface area contributed by atoms with Crippen LogP contribution in [0.3, 0.4) is 0 Å². The van der Waals surface area contributed by atoms with Crippen LogP contribution in [0.5, 0.6) is 0 Å². The number of halogens is 1. The molecule has 4 nitrogen and oxygen atoms in total. The topological polar surface area (TPSA) is 55.1 Å². The fourth-order valence-corrected chi connectivity index (χ4v) is 3.63. The number of aliphatic carboxylic acids is 1. The molecule has 2 heterocycles. The van der Waals surface area contributed by atoms with Crippen molar-refractivity contribution >= 4 is 36.4 Å². The van der Waals surface area contributed by atoms with Gasteiger partial charge in [-0.2, -0.15) is 5.10 Å². The molecule has 22 heavy (non-hydrogen) atoms. The van der Waals surface area contributed by atoms with E-state index in [1.807, 2.05) is 41.1 Å². The van der Waals surface area contributed by atoms with Gasteiger partial charge in [-0.15, -0.1) is 0 Å². The van der Waals surface area contributed by atoms with Crippen LogP contribution >= 0.6 is 20.7 Å². The van der Waals surface area contributed by atoms with Gasteiger partial charge in [0.15, 0.2) is 0 Å². The number of nitrogens with zero attached hydrogens (tertiary/aromatic N) is 2. The van der Waals surface area contributed by atoms with E-state index in [4.69, 9.17) is 5.11 Å². The van der Waals surface area contributed by atoms with Crippen molar-refractivity contribution in [2.75, 3.05) is 0 Å². The van der Waals surface area contributed by atoms with E-state index in [9.17, 15) is 4.79 Å². The summed E-state index contributed by atoms with van der Waals surface area (Å²) in [5, 5.41) is 13.5.